The summed E-state index contributed by atoms with van der Waals surface area (Å²) < 4.78 is 7.22. The first-order valence-electron chi connectivity index (χ1n) is 6.56. The number of hydrogen-bond acceptors (Lipinski definition) is 2. The average molecular weight is 353 g/mol. The van der Waals surface area contributed by atoms with Crippen LogP contribution in [0.1, 0.15) is 29.7 Å². The summed E-state index contributed by atoms with van der Waals surface area (Å²) in [6.45, 7) is 0. The van der Waals surface area contributed by atoms with Gasteiger partial charge in [0.1, 0.15) is 11.9 Å². The molecule has 1 heterocycles. The molecule has 2 aromatic rings. The number of ether oxygens (including phenoxy) is 1. The molecule has 2 atom stereocenters. The zero-order valence-electron chi connectivity index (χ0n) is 11.1. The van der Waals surface area contributed by atoms with Gasteiger partial charge in [-0.2, -0.15) is 0 Å². The lowest BCUT2D eigenvalue weighted by molar-refractivity contribution is 0.154. The Morgan fingerprint density at radius 3 is 2.65 bits per heavy atom. The lowest BCUT2D eigenvalue weighted by Gasteiger charge is -2.32. The highest BCUT2D eigenvalue weighted by Gasteiger charge is 2.28. The zero-order chi connectivity index (χ0) is 14.1. The van der Waals surface area contributed by atoms with Crippen molar-refractivity contribution in [2.24, 2.45) is 0 Å². The van der Waals surface area contributed by atoms with Crippen LogP contribution in [0.5, 0.6) is 5.75 Å². The molecule has 4 heteroatoms. The Hall–Kier alpha value is -1.03. The van der Waals surface area contributed by atoms with Gasteiger partial charge in [0.2, 0.25) is 0 Å². The van der Waals surface area contributed by atoms with E-state index in [9.17, 15) is 0 Å². The van der Waals surface area contributed by atoms with Crippen LogP contribution >= 0.6 is 27.5 Å². The van der Waals surface area contributed by atoms with Crippen LogP contribution in [0.2, 0.25) is 5.02 Å². The summed E-state index contributed by atoms with van der Waals surface area (Å²) in [5, 5.41) is 4.12. The van der Waals surface area contributed by atoms with Gasteiger partial charge in [0, 0.05) is 27.5 Å². The van der Waals surface area contributed by atoms with E-state index in [1.807, 2.05) is 43.4 Å². The molecular weight excluding hydrogens is 338 g/mol. The van der Waals surface area contributed by atoms with E-state index in [4.69, 9.17) is 16.3 Å². The lowest BCUT2D eigenvalue weighted by atomic mass is 9.93. The van der Waals surface area contributed by atoms with Crippen LogP contribution in [-0.2, 0) is 0 Å². The van der Waals surface area contributed by atoms with Crippen molar-refractivity contribution < 1.29 is 4.74 Å². The van der Waals surface area contributed by atoms with Crippen molar-refractivity contribution in [3.05, 3.63) is 63.1 Å². The fraction of sp³-hybridized carbons (Fsp3) is 0.250. The smallest absolute Gasteiger partial charge is 0.126 e. The number of benzene rings is 2. The highest BCUT2D eigenvalue weighted by molar-refractivity contribution is 9.10. The van der Waals surface area contributed by atoms with E-state index in [0.717, 1.165) is 27.2 Å². The lowest BCUT2D eigenvalue weighted by Crippen LogP contribution is -2.26. The van der Waals surface area contributed by atoms with Crippen LogP contribution in [0, 0.1) is 0 Å². The van der Waals surface area contributed by atoms with Gasteiger partial charge in [0.05, 0.1) is 0 Å². The molecule has 2 nitrogen and oxygen atoms in total. The highest BCUT2D eigenvalue weighted by atomic mass is 79.9. The number of nitrogens with one attached hydrogen (secondary N) is 1. The van der Waals surface area contributed by atoms with Crippen molar-refractivity contribution in [1.29, 1.82) is 0 Å². The normalized spacial score (nSPS) is 21.1. The first-order valence-corrected chi connectivity index (χ1v) is 7.73. The van der Waals surface area contributed by atoms with Gasteiger partial charge in [-0.3, -0.25) is 0 Å². The standard InChI is InChI=1S/C16H15BrClNO/c1-19-14-9-16(10-2-5-12(18)6-3-10)20-15-7-4-11(17)8-13(14)15/h2-8,14,16,19H,9H2,1H3. The molecule has 1 aliphatic rings. The second-order valence-corrected chi connectivity index (χ2v) is 6.27. The Kier molecular flexibility index (Phi) is 4.01. The summed E-state index contributed by atoms with van der Waals surface area (Å²) >= 11 is 9.46. The molecule has 0 amide bonds. The minimum absolute atomic E-state index is 0.0541. The van der Waals surface area contributed by atoms with E-state index in [1.54, 1.807) is 0 Å². The third-order valence-corrected chi connectivity index (χ3v) is 4.40. The Bertz CT molecular complexity index is 614. The molecule has 0 radical (unpaired) electrons. The van der Waals surface area contributed by atoms with Crippen LogP contribution in [0.4, 0.5) is 0 Å². The van der Waals surface area contributed by atoms with Crippen LogP contribution in [0.25, 0.3) is 0 Å². The Balaban J connectivity index is 1.94. The molecule has 1 aliphatic heterocycles. The van der Waals surface area contributed by atoms with Crippen molar-refractivity contribution in [2.75, 3.05) is 7.05 Å². The predicted octanol–water partition coefficient (Wildman–Crippen LogP) is 4.89. The SMILES string of the molecule is CNC1CC(c2ccc(Cl)cc2)Oc2ccc(Br)cc21. The fourth-order valence-electron chi connectivity index (χ4n) is 2.60. The minimum Gasteiger partial charge on any atom is -0.485 e. The molecule has 1 N–H and O–H groups in total. The number of fused-ring (bicyclic) bond motifs is 1. The van der Waals surface area contributed by atoms with Gasteiger partial charge in [-0.1, -0.05) is 39.7 Å². The van der Waals surface area contributed by atoms with E-state index in [1.165, 1.54) is 5.56 Å². The van der Waals surface area contributed by atoms with Crippen molar-refractivity contribution in [3.63, 3.8) is 0 Å². The quantitative estimate of drug-likeness (QED) is 0.831. The summed E-state index contributed by atoms with van der Waals surface area (Å²) in [7, 11) is 1.99. The van der Waals surface area contributed by atoms with Gasteiger partial charge in [0.25, 0.3) is 0 Å². The third-order valence-electron chi connectivity index (χ3n) is 3.66. The molecule has 104 valence electrons. The minimum atomic E-state index is 0.0541. The summed E-state index contributed by atoms with van der Waals surface area (Å²) in [4.78, 5) is 0. The molecular formula is C16H15BrClNO. The van der Waals surface area contributed by atoms with E-state index in [-0.39, 0.29) is 12.1 Å². The van der Waals surface area contributed by atoms with E-state index in [2.05, 4.69) is 27.3 Å². The largest absolute Gasteiger partial charge is 0.485 e. The molecule has 0 aliphatic carbocycles. The van der Waals surface area contributed by atoms with Gasteiger partial charge < -0.3 is 10.1 Å². The first kappa shape index (κ1) is 13.9. The molecule has 0 saturated heterocycles. The predicted molar refractivity (Wildman–Crippen MR) is 85.4 cm³/mol. The molecule has 2 unspecified atom stereocenters. The van der Waals surface area contributed by atoms with E-state index >= 15 is 0 Å². The highest BCUT2D eigenvalue weighted by Crippen LogP contribution is 2.41. The Labute approximate surface area is 132 Å². The van der Waals surface area contributed by atoms with Crippen LogP contribution in [-0.4, -0.2) is 7.05 Å². The second kappa shape index (κ2) is 5.76. The first-order chi connectivity index (χ1) is 9.67. The van der Waals surface area contributed by atoms with Gasteiger partial charge in [-0.15, -0.1) is 0 Å². The van der Waals surface area contributed by atoms with Crippen molar-refractivity contribution in [2.45, 2.75) is 18.6 Å². The number of hydrogen-bond donors (Lipinski definition) is 1. The summed E-state index contributed by atoms with van der Waals surface area (Å²) in [6.07, 6.45) is 0.958. The van der Waals surface area contributed by atoms with Crippen molar-refractivity contribution in [3.8, 4) is 5.75 Å². The molecule has 20 heavy (non-hydrogen) atoms. The Morgan fingerprint density at radius 1 is 1.20 bits per heavy atom. The number of halogens is 2. The molecule has 0 spiro atoms. The summed E-state index contributed by atoms with van der Waals surface area (Å²) in [6, 6.07) is 14.3. The topological polar surface area (TPSA) is 21.3 Å². The summed E-state index contributed by atoms with van der Waals surface area (Å²) in [5.41, 5.74) is 2.36. The molecule has 0 bridgehead atoms. The van der Waals surface area contributed by atoms with Gasteiger partial charge >= 0.3 is 0 Å². The number of rotatable bonds is 2. The van der Waals surface area contributed by atoms with E-state index in [0.29, 0.717) is 0 Å². The molecule has 0 saturated carbocycles. The van der Waals surface area contributed by atoms with Crippen molar-refractivity contribution in [1.82, 2.24) is 5.32 Å². The molecule has 0 fully saturated rings. The Morgan fingerprint density at radius 2 is 1.95 bits per heavy atom. The zero-order valence-corrected chi connectivity index (χ0v) is 13.4. The molecule has 0 aromatic heterocycles. The monoisotopic (exact) mass is 351 g/mol. The van der Waals surface area contributed by atoms with Crippen LogP contribution in [0.3, 0.4) is 0 Å². The second-order valence-electron chi connectivity index (χ2n) is 4.92. The van der Waals surface area contributed by atoms with Crippen molar-refractivity contribution >= 4 is 27.5 Å². The van der Waals surface area contributed by atoms with Crippen LogP contribution in [0.15, 0.2) is 46.9 Å². The fourth-order valence-corrected chi connectivity index (χ4v) is 3.10. The summed E-state index contributed by atoms with van der Waals surface area (Å²) in [5.74, 6) is 0.943. The van der Waals surface area contributed by atoms with Gasteiger partial charge in [-0.05, 0) is 42.9 Å². The molecule has 2 aromatic carbocycles. The van der Waals surface area contributed by atoms with Crippen LogP contribution < -0.4 is 10.1 Å². The maximum atomic E-state index is 6.14. The molecule has 3 rings (SSSR count). The maximum Gasteiger partial charge on any atom is 0.126 e. The van der Waals surface area contributed by atoms with Gasteiger partial charge in [-0.25, -0.2) is 0 Å². The maximum absolute atomic E-state index is 6.14. The van der Waals surface area contributed by atoms with Gasteiger partial charge in [0.15, 0.2) is 0 Å². The third kappa shape index (κ3) is 2.71. The van der Waals surface area contributed by atoms with E-state index < -0.39 is 0 Å². The average Bonchev–Trinajstić information content (AvgIpc) is 2.47.